The minimum atomic E-state index is -1.42. The molecule has 2 N–H and O–H groups in total. The molecule has 2 unspecified atom stereocenters. The molecule has 0 bridgehead atoms. The largest absolute Gasteiger partial charge is 0.380 e. The molecule has 2 heterocycles. The number of carbonyl (C=O) groups is 1. The van der Waals surface area contributed by atoms with E-state index in [0.29, 0.717) is 11.1 Å². The summed E-state index contributed by atoms with van der Waals surface area (Å²) in [5, 5.41) is 26.0. The van der Waals surface area contributed by atoms with Crippen LogP contribution in [0.4, 0.5) is 0 Å². The van der Waals surface area contributed by atoms with Crippen LogP contribution in [0.15, 0.2) is 71.4 Å². The van der Waals surface area contributed by atoms with Crippen LogP contribution in [0, 0.1) is 13.8 Å². The van der Waals surface area contributed by atoms with Gasteiger partial charge in [-0.3, -0.25) is 4.79 Å². The summed E-state index contributed by atoms with van der Waals surface area (Å²) in [6.07, 6.45) is -2.85. The lowest BCUT2D eigenvalue weighted by Crippen LogP contribution is -2.21. The summed E-state index contributed by atoms with van der Waals surface area (Å²) in [5.74, 6) is -0.623. The van der Waals surface area contributed by atoms with Crippen molar-refractivity contribution in [3.05, 3.63) is 93.7 Å². The molecule has 0 aliphatic rings. The van der Waals surface area contributed by atoms with Gasteiger partial charge >= 0.3 is 0 Å². The molecular weight excluding hydrogens is 412 g/mol. The lowest BCUT2D eigenvalue weighted by atomic mass is 9.89. The highest BCUT2D eigenvalue weighted by Gasteiger charge is 2.30. The number of hydrogen-bond acceptors (Lipinski definition) is 5. The molecule has 2 atom stereocenters. The number of aliphatic hydroxyl groups is 2. The Morgan fingerprint density at radius 3 is 1.50 bits per heavy atom. The molecule has 0 aliphatic carbocycles. The van der Waals surface area contributed by atoms with Crippen LogP contribution in [-0.2, 0) is 4.79 Å². The Labute approximate surface area is 183 Å². The van der Waals surface area contributed by atoms with Gasteiger partial charge in [0.05, 0.1) is 0 Å². The van der Waals surface area contributed by atoms with Gasteiger partial charge in [0.2, 0.25) is 0 Å². The molecule has 0 fully saturated rings. The van der Waals surface area contributed by atoms with Gasteiger partial charge in [-0.15, -0.1) is 22.7 Å². The molecule has 2 aromatic carbocycles. The van der Waals surface area contributed by atoms with Crippen LogP contribution < -0.4 is 0 Å². The molecule has 4 aromatic rings. The Hall–Kier alpha value is -2.57. The maximum atomic E-state index is 13.2. The molecule has 4 rings (SSSR count). The predicted octanol–water partition coefficient (Wildman–Crippen LogP) is 6.10. The van der Waals surface area contributed by atoms with Gasteiger partial charge in [0.15, 0.2) is 5.78 Å². The Morgan fingerprint density at radius 2 is 1.13 bits per heavy atom. The molecule has 5 heteroatoms. The van der Waals surface area contributed by atoms with Crippen LogP contribution in [-0.4, -0.2) is 16.0 Å². The van der Waals surface area contributed by atoms with E-state index in [1.54, 1.807) is 34.8 Å². The van der Waals surface area contributed by atoms with Crippen molar-refractivity contribution in [3.8, 4) is 20.9 Å². The number of benzene rings is 2. The second kappa shape index (κ2) is 8.66. The van der Waals surface area contributed by atoms with E-state index in [2.05, 4.69) is 0 Å². The van der Waals surface area contributed by atoms with E-state index in [1.807, 2.05) is 73.1 Å². The van der Waals surface area contributed by atoms with Gasteiger partial charge in [0.1, 0.15) is 12.2 Å². The molecule has 0 saturated carbocycles. The van der Waals surface area contributed by atoms with Gasteiger partial charge in [-0.25, -0.2) is 0 Å². The number of thiophene rings is 2. The molecule has 0 aliphatic heterocycles. The van der Waals surface area contributed by atoms with E-state index in [-0.39, 0.29) is 0 Å². The highest BCUT2D eigenvalue weighted by molar-refractivity contribution is 7.13. The summed E-state index contributed by atoms with van der Waals surface area (Å²) in [5.41, 5.74) is 4.70. The fraction of sp³-hybridized carbons (Fsp3) is 0.160. The standard InChI is InChI=1S/C25H22O3S2/c1-15-7-3-9-17(21(15)19-11-5-13-29-19)23(26)25(28)24(27)18-10-4-8-16(2)22(18)20-12-6-14-30-20/h3-14,23-24,26-27H,1-2H3. The Morgan fingerprint density at radius 1 is 0.700 bits per heavy atom. The van der Waals surface area contributed by atoms with Gasteiger partial charge in [0, 0.05) is 20.9 Å². The zero-order valence-corrected chi connectivity index (χ0v) is 18.3. The van der Waals surface area contributed by atoms with Crippen LogP contribution in [0.25, 0.3) is 20.9 Å². The van der Waals surface area contributed by atoms with Crippen molar-refractivity contribution >= 4 is 28.5 Å². The van der Waals surface area contributed by atoms with Crippen LogP contribution >= 0.6 is 22.7 Å². The number of rotatable bonds is 6. The number of ketones is 1. The maximum absolute atomic E-state index is 13.2. The topological polar surface area (TPSA) is 57.5 Å². The normalized spacial score (nSPS) is 13.2. The first-order valence-corrected chi connectivity index (χ1v) is 11.4. The molecule has 152 valence electrons. The first-order valence-electron chi connectivity index (χ1n) is 9.65. The van der Waals surface area contributed by atoms with E-state index in [4.69, 9.17) is 0 Å². The van der Waals surface area contributed by atoms with Crippen molar-refractivity contribution in [2.24, 2.45) is 0 Å². The Kier molecular flexibility index (Phi) is 5.97. The molecular formula is C25H22O3S2. The van der Waals surface area contributed by atoms with Gasteiger partial charge < -0.3 is 10.2 Å². The maximum Gasteiger partial charge on any atom is 0.198 e. The number of aryl methyl sites for hydroxylation is 2. The summed E-state index contributed by atoms with van der Waals surface area (Å²) in [6.45, 7) is 3.92. The second-order valence-corrected chi connectivity index (χ2v) is 9.14. The number of carbonyl (C=O) groups excluding carboxylic acids is 1. The predicted molar refractivity (Wildman–Crippen MR) is 124 cm³/mol. The summed E-state index contributed by atoms with van der Waals surface area (Å²) in [6, 6.07) is 18.9. The van der Waals surface area contributed by atoms with Gasteiger partial charge in [-0.05, 0) is 59.0 Å². The minimum Gasteiger partial charge on any atom is -0.380 e. The first-order chi connectivity index (χ1) is 14.5. The van der Waals surface area contributed by atoms with E-state index < -0.39 is 18.0 Å². The summed E-state index contributed by atoms with van der Waals surface area (Å²) < 4.78 is 0. The third-order valence-corrected chi connectivity index (χ3v) is 7.05. The highest BCUT2D eigenvalue weighted by atomic mass is 32.1. The van der Waals surface area contributed by atoms with E-state index >= 15 is 0 Å². The number of aliphatic hydroxyl groups excluding tert-OH is 2. The lowest BCUT2D eigenvalue weighted by Gasteiger charge is -2.21. The monoisotopic (exact) mass is 434 g/mol. The Balaban J connectivity index is 1.74. The average Bonchev–Trinajstić information content (AvgIpc) is 3.46. The Bertz CT molecular complexity index is 1070. The third kappa shape index (κ3) is 3.77. The third-order valence-electron chi connectivity index (χ3n) is 5.27. The van der Waals surface area contributed by atoms with Crippen LogP contribution in [0.2, 0.25) is 0 Å². The van der Waals surface area contributed by atoms with Crippen molar-refractivity contribution < 1.29 is 15.0 Å². The van der Waals surface area contributed by atoms with E-state index in [1.165, 1.54) is 0 Å². The molecule has 3 nitrogen and oxygen atoms in total. The smallest absolute Gasteiger partial charge is 0.198 e. The fourth-order valence-electron chi connectivity index (χ4n) is 3.81. The lowest BCUT2D eigenvalue weighted by molar-refractivity contribution is -0.136. The van der Waals surface area contributed by atoms with Gasteiger partial charge in [-0.1, -0.05) is 48.5 Å². The minimum absolute atomic E-state index is 0.520. The number of hydrogen-bond donors (Lipinski definition) is 2. The van der Waals surface area contributed by atoms with Crippen molar-refractivity contribution in [2.75, 3.05) is 0 Å². The summed E-state index contributed by atoms with van der Waals surface area (Å²) in [7, 11) is 0. The molecule has 0 amide bonds. The molecule has 2 aromatic heterocycles. The highest BCUT2D eigenvalue weighted by Crippen LogP contribution is 2.39. The zero-order valence-electron chi connectivity index (χ0n) is 16.7. The quantitative estimate of drug-likeness (QED) is 0.386. The summed E-state index contributed by atoms with van der Waals surface area (Å²) >= 11 is 3.11. The SMILES string of the molecule is Cc1cccc(C(O)C(=O)C(O)c2cccc(C)c2-c2cccs2)c1-c1cccs1. The fourth-order valence-corrected chi connectivity index (χ4v) is 5.52. The van der Waals surface area contributed by atoms with Crippen LogP contribution in [0.1, 0.15) is 34.5 Å². The van der Waals surface area contributed by atoms with Crippen molar-refractivity contribution in [1.29, 1.82) is 0 Å². The van der Waals surface area contributed by atoms with Crippen molar-refractivity contribution in [3.63, 3.8) is 0 Å². The van der Waals surface area contributed by atoms with E-state index in [0.717, 1.165) is 32.0 Å². The molecule has 30 heavy (non-hydrogen) atoms. The first kappa shape index (κ1) is 20.7. The second-order valence-electron chi connectivity index (χ2n) is 7.24. The van der Waals surface area contributed by atoms with Gasteiger partial charge in [-0.2, -0.15) is 0 Å². The van der Waals surface area contributed by atoms with Crippen LogP contribution in [0.3, 0.4) is 0 Å². The molecule has 0 radical (unpaired) electrons. The summed E-state index contributed by atoms with van der Waals surface area (Å²) in [4.78, 5) is 15.2. The van der Waals surface area contributed by atoms with E-state index in [9.17, 15) is 15.0 Å². The average molecular weight is 435 g/mol. The van der Waals surface area contributed by atoms with Crippen LogP contribution in [0.5, 0.6) is 0 Å². The van der Waals surface area contributed by atoms with Gasteiger partial charge in [0.25, 0.3) is 0 Å². The zero-order chi connectivity index (χ0) is 21.3. The number of Topliss-reactive ketones (excluding diaryl/α,β-unsaturated/α-hetero) is 1. The molecule has 0 spiro atoms. The van der Waals surface area contributed by atoms with Crippen molar-refractivity contribution in [2.45, 2.75) is 26.1 Å². The van der Waals surface area contributed by atoms with Crippen molar-refractivity contribution in [1.82, 2.24) is 0 Å². The molecule has 0 saturated heterocycles.